The molecule has 7 rings (SSSR count). The number of carbonyl (C=O) groups excluding carboxylic acids is 3. The number of halogens is 1. The fraction of sp³-hybridized carbons (Fsp3) is 0.432. The van der Waals surface area contributed by atoms with Gasteiger partial charge in [-0.2, -0.15) is 19.6 Å². The SMILES string of the molecule is O=C(CC1(O)C(=O)N(Cc2ccccc2)c2ccc(Cl)cc21)c1ccc(C(=O)NCC2CCC3(CC2)OOC2(CCCCC2)OO3)cc1. The van der Waals surface area contributed by atoms with E-state index >= 15 is 0 Å². The van der Waals surface area contributed by atoms with Crippen molar-refractivity contribution in [1.29, 1.82) is 0 Å². The summed E-state index contributed by atoms with van der Waals surface area (Å²) in [6.45, 7) is 0.721. The van der Waals surface area contributed by atoms with Crippen molar-refractivity contribution < 1.29 is 39.0 Å². The van der Waals surface area contributed by atoms with Gasteiger partial charge in [-0.3, -0.25) is 14.4 Å². The molecule has 1 atom stereocenters. The van der Waals surface area contributed by atoms with Crippen molar-refractivity contribution in [2.45, 2.75) is 87.9 Å². The van der Waals surface area contributed by atoms with Gasteiger partial charge in [-0.05, 0) is 67.5 Å². The molecule has 3 fully saturated rings. The molecule has 0 radical (unpaired) electrons. The summed E-state index contributed by atoms with van der Waals surface area (Å²) in [6, 6.07) is 20.5. The maximum absolute atomic E-state index is 13.7. The van der Waals surface area contributed by atoms with E-state index in [1.807, 2.05) is 30.3 Å². The summed E-state index contributed by atoms with van der Waals surface area (Å²) in [4.78, 5) is 64.6. The van der Waals surface area contributed by atoms with E-state index in [4.69, 9.17) is 31.2 Å². The van der Waals surface area contributed by atoms with Crippen LogP contribution in [0.15, 0.2) is 72.8 Å². The molecule has 11 heteroatoms. The van der Waals surface area contributed by atoms with Gasteiger partial charge in [0.25, 0.3) is 11.8 Å². The van der Waals surface area contributed by atoms with Gasteiger partial charge in [-0.25, -0.2) is 0 Å². The third-order valence-electron chi connectivity index (χ3n) is 10.1. The quantitative estimate of drug-likeness (QED) is 0.204. The van der Waals surface area contributed by atoms with Crippen molar-refractivity contribution in [3.05, 3.63) is 100 Å². The number of aliphatic hydroxyl groups is 1. The number of amides is 2. The van der Waals surface area contributed by atoms with E-state index in [-0.39, 0.29) is 23.9 Å². The molecule has 48 heavy (non-hydrogen) atoms. The first-order valence-electron chi connectivity index (χ1n) is 16.7. The van der Waals surface area contributed by atoms with Crippen LogP contribution in [-0.4, -0.2) is 40.8 Å². The maximum atomic E-state index is 13.7. The lowest BCUT2D eigenvalue weighted by molar-refractivity contribution is -0.663. The molecule has 2 spiro atoms. The second-order valence-corrected chi connectivity index (χ2v) is 13.9. The van der Waals surface area contributed by atoms with Gasteiger partial charge < -0.3 is 15.3 Å². The third kappa shape index (κ3) is 6.53. The molecule has 2 aliphatic carbocycles. The molecule has 10 nitrogen and oxygen atoms in total. The summed E-state index contributed by atoms with van der Waals surface area (Å²) in [6.07, 6.45) is 6.96. The van der Waals surface area contributed by atoms with E-state index in [1.165, 1.54) is 11.0 Å². The van der Waals surface area contributed by atoms with Crippen LogP contribution in [0.2, 0.25) is 5.02 Å². The van der Waals surface area contributed by atoms with Gasteiger partial charge in [0.2, 0.25) is 11.6 Å². The highest BCUT2D eigenvalue weighted by atomic mass is 35.5. The fourth-order valence-electron chi connectivity index (χ4n) is 7.17. The second kappa shape index (κ2) is 13.3. The molecular formula is C37H39ClN2O8. The number of Topliss-reactive ketones (excluding diaryl/α,β-unsaturated/α-hetero) is 1. The Hall–Kier alpha value is -3.64. The van der Waals surface area contributed by atoms with E-state index in [0.717, 1.165) is 50.5 Å². The summed E-state index contributed by atoms with van der Waals surface area (Å²) in [7, 11) is 0. The number of anilines is 1. The molecule has 2 N–H and O–H groups in total. The predicted octanol–water partition coefficient (Wildman–Crippen LogP) is 6.53. The van der Waals surface area contributed by atoms with Gasteiger partial charge in [0.1, 0.15) is 0 Å². The fourth-order valence-corrected chi connectivity index (χ4v) is 7.35. The summed E-state index contributed by atoms with van der Waals surface area (Å²) >= 11 is 6.26. The number of fused-ring (bicyclic) bond motifs is 1. The Bertz CT molecular complexity index is 1660. The molecule has 2 aliphatic heterocycles. The monoisotopic (exact) mass is 674 g/mol. The zero-order valence-electron chi connectivity index (χ0n) is 26.6. The van der Waals surface area contributed by atoms with Crippen LogP contribution < -0.4 is 10.2 Å². The molecule has 1 unspecified atom stereocenters. The Morgan fingerprint density at radius 1 is 0.833 bits per heavy atom. The summed E-state index contributed by atoms with van der Waals surface area (Å²) in [5, 5.41) is 15.1. The van der Waals surface area contributed by atoms with Gasteiger partial charge in [0, 0.05) is 53.9 Å². The normalized spacial score (nSPS) is 23.3. The predicted molar refractivity (Wildman–Crippen MR) is 176 cm³/mol. The van der Waals surface area contributed by atoms with Crippen LogP contribution in [0.1, 0.15) is 96.1 Å². The van der Waals surface area contributed by atoms with Gasteiger partial charge in [0.05, 0.1) is 18.7 Å². The van der Waals surface area contributed by atoms with E-state index in [1.54, 1.807) is 36.4 Å². The number of benzene rings is 3. The first-order valence-corrected chi connectivity index (χ1v) is 17.1. The molecule has 1 saturated heterocycles. The largest absolute Gasteiger partial charge is 0.375 e. The minimum absolute atomic E-state index is 0.237. The van der Waals surface area contributed by atoms with E-state index < -0.39 is 35.3 Å². The Balaban J connectivity index is 0.932. The van der Waals surface area contributed by atoms with Crippen molar-refractivity contribution in [2.75, 3.05) is 11.4 Å². The van der Waals surface area contributed by atoms with Gasteiger partial charge in [0.15, 0.2) is 11.4 Å². The lowest BCUT2D eigenvalue weighted by Gasteiger charge is -2.46. The van der Waals surface area contributed by atoms with E-state index in [0.29, 0.717) is 41.2 Å². The van der Waals surface area contributed by atoms with Crippen LogP contribution in [0, 0.1) is 5.92 Å². The third-order valence-corrected chi connectivity index (χ3v) is 10.3. The standard InChI is InChI=1S/C37H39ClN2O8/c38-29-13-14-31-30(21-29)37(44,34(43)40(31)24-26-7-3-1-4-8-26)22-32(41)27-9-11-28(12-10-27)33(42)39-23-25-15-19-36(20-16-25)47-45-35(46-48-36)17-5-2-6-18-35/h1,3-4,7-14,21,25,44H,2,5-6,15-20,22-24H2,(H,39,42). The highest BCUT2D eigenvalue weighted by Gasteiger charge is 2.52. The van der Waals surface area contributed by atoms with E-state index in [2.05, 4.69) is 5.32 Å². The molecular weight excluding hydrogens is 636 g/mol. The summed E-state index contributed by atoms with van der Waals surface area (Å²) in [5.74, 6) is -2.73. The number of hydrogen-bond donors (Lipinski definition) is 2. The molecule has 3 aromatic rings. The first-order chi connectivity index (χ1) is 23.2. The maximum Gasteiger partial charge on any atom is 0.264 e. The molecule has 252 valence electrons. The summed E-state index contributed by atoms with van der Waals surface area (Å²) < 4.78 is 0. The lowest BCUT2D eigenvalue weighted by Crippen LogP contribution is -2.53. The van der Waals surface area contributed by atoms with Crippen LogP contribution in [0.25, 0.3) is 0 Å². The van der Waals surface area contributed by atoms with Gasteiger partial charge in [-0.15, -0.1) is 0 Å². The molecule has 2 heterocycles. The number of rotatable bonds is 8. The number of nitrogens with one attached hydrogen (secondary N) is 1. The second-order valence-electron chi connectivity index (χ2n) is 13.4. The average Bonchev–Trinajstić information content (AvgIpc) is 3.31. The zero-order valence-corrected chi connectivity index (χ0v) is 27.4. The molecule has 3 aromatic carbocycles. The van der Waals surface area contributed by atoms with E-state index in [9.17, 15) is 19.5 Å². The number of ketones is 1. The Kier molecular flexibility index (Phi) is 9.14. The molecule has 0 aromatic heterocycles. The number of hydrogen-bond acceptors (Lipinski definition) is 8. The summed E-state index contributed by atoms with van der Waals surface area (Å²) in [5.41, 5.74) is 0.291. The molecule has 2 amide bonds. The van der Waals surface area contributed by atoms with Gasteiger partial charge in [-0.1, -0.05) is 60.5 Å². The van der Waals surface area contributed by atoms with Crippen LogP contribution in [0.5, 0.6) is 0 Å². The Labute approximate surface area is 284 Å². The van der Waals surface area contributed by atoms with Crippen molar-refractivity contribution >= 4 is 34.9 Å². The highest BCUT2D eigenvalue weighted by molar-refractivity contribution is 6.31. The molecule has 4 aliphatic rings. The minimum Gasteiger partial charge on any atom is -0.375 e. The Morgan fingerprint density at radius 3 is 2.12 bits per heavy atom. The zero-order chi connectivity index (χ0) is 33.4. The number of nitrogens with zero attached hydrogens (tertiary/aromatic N) is 1. The molecule has 2 saturated carbocycles. The van der Waals surface area contributed by atoms with Crippen LogP contribution in [0.4, 0.5) is 5.69 Å². The van der Waals surface area contributed by atoms with Crippen molar-refractivity contribution in [3.8, 4) is 0 Å². The highest BCUT2D eigenvalue weighted by Crippen LogP contribution is 2.46. The topological polar surface area (TPSA) is 124 Å². The lowest BCUT2D eigenvalue weighted by atomic mass is 9.85. The van der Waals surface area contributed by atoms with Crippen LogP contribution in [-0.2, 0) is 36.5 Å². The smallest absolute Gasteiger partial charge is 0.264 e. The van der Waals surface area contributed by atoms with Crippen molar-refractivity contribution in [3.63, 3.8) is 0 Å². The Morgan fingerprint density at radius 2 is 1.46 bits per heavy atom. The van der Waals surface area contributed by atoms with Gasteiger partial charge >= 0.3 is 0 Å². The minimum atomic E-state index is -2.08. The van der Waals surface area contributed by atoms with Crippen LogP contribution >= 0.6 is 11.6 Å². The first kappa shape index (κ1) is 32.9. The van der Waals surface area contributed by atoms with Crippen molar-refractivity contribution in [1.82, 2.24) is 5.32 Å². The van der Waals surface area contributed by atoms with Crippen molar-refractivity contribution in [2.24, 2.45) is 5.92 Å². The molecule has 0 bridgehead atoms. The average molecular weight is 675 g/mol. The van der Waals surface area contributed by atoms with Crippen LogP contribution in [0.3, 0.4) is 0 Å². The number of carbonyl (C=O) groups is 3.